The van der Waals surface area contributed by atoms with E-state index in [0.717, 1.165) is 38.7 Å². The van der Waals surface area contributed by atoms with Crippen LogP contribution in [0.25, 0.3) is 91.9 Å². The molecule has 7 aromatic carbocycles. The van der Waals surface area contributed by atoms with Crippen molar-refractivity contribution in [3.63, 3.8) is 0 Å². The van der Waals surface area contributed by atoms with Crippen molar-refractivity contribution in [2.24, 2.45) is 0 Å². The van der Waals surface area contributed by atoms with Crippen molar-refractivity contribution < 1.29 is 4.42 Å². The van der Waals surface area contributed by atoms with Crippen LogP contribution in [-0.4, -0.2) is 4.57 Å². The first-order valence-corrected chi connectivity index (χ1v) is 16.1. The van der Waals surface area contributed by atoms with Crippen molar-refractivity contribution >= 4 is 75.3 Å². The van der Waals surface area contributed by atoms with E-state index < -0.39 is 0 Å². The van der Waals surface area contributed by atoms with Crippen molar-refractivity contribution in [2.75, 3.05) is 0 Å². The average molecular weight is 592 g/mol. The Kier molecular flexibility index (Phi) is 5.19. The molecule has 45 heavy (non-hydrogen) atoms. The van der Waals surface area contributed by atoms with E-state index in [-0.39, 0.29) is 0 Å². The summed E-state index contributed by atoms with van der Waals surface area (Å²) >= 11 is 1.88. The minimum Gasteiger partial charge on any atom is -0.454 e. The molecule has 0 unspecified atom stereocenters. The lowest BCUT2D eigenvalue weighted by atomic mass is 9.97. The van der Waals surface area contributed by atoms with E-state index in [0.29, 0.717) is 0 Å². The zero-order valence-electron chi connectivity index (χ0n) is 24.2. The van der Waals surface area contributed by atoms with Gasteiger partial charge in [0.15, 0.2) is 5.58 Å². The topological polar surface area (TPSA) is 18.1 Å². The Bertz CT molecular complexity index is 2760. The highest BCUT2D eigenvalue weighted by atomic mass is 32.1. The molecule has 0 N–H and O–H groups in total. The Labute approximate surface area is 263 Å². The number of furan rings is 1. The third-order valence-electron chi connectivity index (χ3n) is 9.16. The van der Waals surface area contributed by atoms with E-state index in [1.807, 2.05) is 11.3 Å². The van der Waals surface area contributed by atoms with Crippen LogP contribution >= 0.6 is 11.3 Å². The minimum absolute atomic E-state index is 0.901. The lowest BCUT2D eigenvalue weighted by Gasteiger charge is -2.09. The summed E-state index contributed by atoms with van der Waals surface area (Å²) in [5.74, 6) is 0. The zero-order chi connectivity index (χ0) is 29.5. The summed E-state index contributed by atoms with van der Waals surface area (Å²) in [6, 6.07) is 54.8. The van der Waals surface area contributed by atoms with Crippen LogP contribution < -0.4 is 0 Å². The summed E-state index contributed by atoms with van der Waals surface area (Å²) < 4.78 is 11.5. The largest absolute Gasteiger partial charge is 0.454 e. The van der Waals surface area contributed by atoms with Gasteiger partial charge in [-0.25, -0.2) is 0 Å². The number of aromatic nitrogens is 1. The molecule has 3 heterocycles. The van der Waals surface area contributed by atoms with Gasteiger partial charge in [0.1, 0.15) is 11.1 Å². The summed E-state index contributed by atoms with van der Waals surface area (Å²) in [6.07, 6.45) is 0. The van der Waals surface area contributed by atoms with Crippen molar-refractivity contribution in [2.45, 2.75) is 0 Å². The van der Waals surface area contributed by atoms with Crippen LogP contribution in [0.5, 0.6) is 0 Å². The molecule has 0 saturated heterocycles. The molecule has 0 aliphatic carbocycles. The highest BCUT2D eigenvalue weighted by molar-refractivity contribution is 7.25. The van der Waals surface area contributed by atoms with E-state index in [9.17, 15) is 0 Å². The molecule has 0 amide bonds. The normalized spacial score (nSPS) is 12.0. The predicted octanol–water partition coefficient (Wildman–Crippen LogP) is 12.4. The zero-order valence-corrected chi connectivity index (χ0v) is 25.0. The van der Waals surface area contributed by atoms with Gasteiger partial charge in [-0.2, -0.15) is 0 Å². The SMILES string of the molecule is c1ccc(-n2c3ccccc3c3oc4ccc(-c5cccc(-c6ccc7c(c6)sc6cc8ccccc8cc67)c5)cc4c32)cc1. The number of nitrogens with zero attached hydrogens (tertiary/aromatic N) is 1. The number of fused-ring (bicyclic) bond motifs is 9. The molecule has 2 nitrogen and oxygen atoms in total. The molecule has 0 bridgehead atoms. The molecule has 10 rings (SSSR count). The highest BCUT2D eigenvalue weighted by Crippen LogP contribution is 2.41. The van der Waals surface area contributed by atoms with Crippen LogP contribution in [0.2, 0.25) is 0 Å². The molecule has 210 valence electrons. The van der Waals surface area contributed by atoms with E-state index >= 15 is 0 Å². The van der Waals surface area contributed by atoms with E-state index in [1.165, 1.54) is 53.2 Å². The number of rotatable bonds is 3. The van der Waals surface area contributed by atoms with Gasteiger partial charge < -0.3 is 8.98 Å². The molecule has 0 spiro atoms. The van der Waals surface area contributed by atoms with Crippen LogP contribution in [0, 0.1) is 0 Å². The second-order valence-corrected chi connectivity index (χ2v) is 12.9. The molecule has 0 fully saturated rings. The molecule has 3 heteroatoms. The molecule has 10 aromatic rings. The van der Waals surface area contributed by atoms with E-state index in [4.69, 9.17) is 4.42 Å². The minimum atomic E-state index is 0.901. The third kappa shape index (κ3) is 3.75. The molecule has 0 aliphatic heterocycles. The van der Waals surface area contributed by atoms with Crippen LogP contribution in [0.15, 0.2) is 156 Å². The number of hydrogen-bond acceptors (Lipinski definition) is 2. The van der Waals surface area contributed by atoms with Crippen LogP contribution in [-0.2, 0) is 0 Å². The second kappa shape index (κ2) is 9.43. The Morgan fingerprint density at radius 2 is 1.13 bits per heavy atom. The standard InChI is InChI=1S/C42H25NOS/c1-2-13-32(14-3-1)43-37-16-7-6-15-34(37)42-41(43)36-23-30(18-20-38(36)44-42)26-11-8-12-27(21-26)31-17-19-33-35-22-28-9-4-5-10-29(28)24-40(35)45-39(33)25-31/h1-25H. The van der Waals surface area contributed by atoms with Gasteiger partial charge in [0.25, 0.3) is 0 Å². The van der Waals surface area contributed by atoms with Crippen LogP contribution in [0.3, 0.4) is 0 Å². The van der Waals surface area contributed by atoms with Gasteiger partial charge in [-0.15, -0.1) is 11.3 Å². The van der Waals surface area contributed by atoms with Crippen LogP contribution in [0.1, 0.15) is 0 Å². The number of hydrogen-bond donors (Lipinski definition) is 0. The van der Waals surface area contributed by atoms with Gasteiger partial charge in [-0.3, -0.25) is 0 Å². The molecular weight excluding hydrogens is 567 g/mol. The first-order valence-electron chi connectivity index (χ1n) is 15.3. The Balaban J connectivity index is 1.12. The van der Waals surface area contributed by atoms with Crippen LogP contribution in [0.4, 0.5) is 0 Å². The fourth-order valence-electron chi connectivity index (χ4n) is 7.02. The maximum absolute atomic E-state index is 6.52. The number of para-hydroxylation sites is 2. The molecule has 0 atom stereocenters. The van der Waals surface area contributed by atoms with Crippen molar-refractivity contribution in [3.05, 3.63) is 152 Å². The molecular formula is C42H25NOS. The monoisotopic (exact) mass is 591 g/mol. The first kappa shape index (κ1) is 24.8. The highest BCUT2D eigenvalue weighted by Gasteiger charge is 2.19. The predicted molar refractivity (Wildman–Crippen MR) is 192 cm³/mol. The quantitative estimate of drug-likeness (QED) is 0.200. The lowest BCUT2D eigenvalue weighted by molar-refractivity contribution is 0.673. The Hall–Kier alpha value is -5.64. The lowest BCUT2D eigenvalue weighted by Crippen LogP contribution is -1.92. The average Bonchev–Trinajstić information content (AvgIpc) is 3.75. The van der Waals surface area contributed by atoms with Crippen molar-refractivity contribution in [3.8, 4) is 27.9 Å². The molecule has 3 aromatic heterocycles. The summed E-state index contributed by atoms with van der Waals surface area (Å²) in [5.41, 5.74) is 10.0. The number of thiophene rings is 1. The van der Waals surface area contributed by atoms with Crippen molar-refractivity contribution in [1.82, 2.24) is 4.57 Å². The molecule has 0 saturated carbocycles. The van der Waals surface area contributed by atoms with Gasteiger partial charge >= 0.3 is 0 Å². The van der Waals surface area contributed by atoms with Gasteiger partial charge in [-0.1, -0.05) is 91.0 Å². The Morgan fingerprint density at radius 1 is 0.444 bits per heavy atom. The fraction of sp³-hybridized carbons (Fsp3) is 0. The number of benzene rings is 7. The Morgan fingerprint density at radius 3 is 2.00 bits per heavy atom. The first-order chi connectivity index (χ1) is 22.3. The maximum Gasteiger partial charge on any atom is 0.161 e. The van der Waals surface area contributed by atoms with Gasteiger partial charge in [0, 0.05) is 36.6 Å². The third-order valence-corrected chi connectivity index (χ3v) is 10.3. The molecule has 0 radical (unpaired) electrons. The fourth-order valence-corrected chi connectivity index (χ4v) is 8.19. The summed E-state index contributed by atoms with van der Waals surface area (Å²) in [5, 5.41) is 7.48. The summed E-state index contributed by atoms with van der Waals surface area (Å²) in [6.45, 7) is 0. The van der Waals surface area contributed by atoms with Gasteiger partial charge in [-0.05, 0) is 93.7 Å². The maximum atomic E-state index is 6.52. The summed E-state index contributed by atoms with van der Waals surface area (Å²) in [4.78, 5) is 0. The van der Waals surface area contributed by atoms with Gasteiger partial charge in [0.2, 0.25) is 0 Å². The smallest absolute Gasteiger partial charge is 0.161 e. The van der Waals surface area contributed by atoms with Gasteiger partial charge in [0.05, 0.1) is 5.52 Å². The van der Waals surface area contributed by atoms with Crippen molar-refractivity contribution in [1.29, 1.82) is 0 Å². The molecule has 0 aliphatic rings. The van der Waals surface area contributed by atoms with E-state index in [2.05, 4.69) is 156 Å². The summed E-state index contributed by atoms with van der Waals surface area (Å²) in [7, 11) is 0. The second-order valence-electron chi connectivity index (χ2n) is 11.8. The van der Waals surface area contributed by atoms with E-state index in [1.54, 1.807) is 0 Å².